The maximum atomic E-state index is 12.8. The van der Waals surface area contributed by atoms with E-state index in [4.69, 9.17) is 4.74 Å². The summed E-state index contributed by atoms with van der Waals surface area (Å²) in [6, 6.07) is 5.94. The molecular weight excluding hydrogens is 380 g/mol. The average molecular weight is 404 g/mol. The van der Waals surface area contributed by atoms with E-state index in [0.29, 0.717) is 18.6 Å². The highest BCUT2D eigenvalue weighted by Crippen LogP contribution is 2.38. The number of hydrogen-bond acceptors (Lipinski definition) is 5. The molecule has 2 saturated heterocycles. The Hall–Kier alpha value is -2.19. The van der Waals surface area contributed by atoms with Crippen molar-refractivity contribution >= 4 is 21.8 Å². The summed E-state index contributed by atoms with van der Waals surface area (Å²) in [5.74, 6) is -0.263. The Morgan fingerprint density at radius 1 is 0.964 bits per heavy atom. The maximum absolute atomic E-state index is 12.8. The molecule has 28 heavy (non-hydrogen) atoms. The van der Waals surface area contributed by atoms with Gasteiger partial charge < -0.3 is 4.74 Å². The first-order valence-corrected chi connectivity index (χ1v) is 11.0. The van der Waals surface area contributed by atoms with Gasteiger partial charge in [-0.2, -0.15) is 4.31 Å². The lowest BCUT2D eigenvalue weighted by molar-refractivity contribution is -0.145. The number of amides is 2. The number of sulfonamides is 1. The van der Waals surface area contributed by atoms with Crippen molar-refractivity contribution < 1.29 is 22.7 Å². The van der Waals surface area contributed by atoms with Crippen LogP contribution < -0.4 is 4.74 Å². The first kappa shape index (κ1) is 19.1. The Bertz CT molecular complexity index is 890. The number of fused-ring (bicyclic) bond motifs is 1. The topological polar surface area (TPSA) is 84.0 Å². The number of carbonyl (C=O) groups is 2. The second-order valence-electron chi connectivity index (χ2n) is 7.82. The molecule has 0 aromatic heterocycles. The van der Waals surface area contributed by atoms with Gasteiger partial charge in [0.05, 0.1) is 28.9 Å². The third-order valence-electron chi connectivity index (χ3n) is 5.57. The number of nitrogens with zero attached hydrogens (tertiary/aromatic N) is 2. The molecule has 0 N–H and O–H groups in total. The minimum atomic E-state index is -3.65. The molecule has 0 bridgehead atoms. The van der Waals surface area contributed by atoms with Gasteiger partial charge in [-0.05, 0) is 51.0 Å². The Morgan fingerprint density at radius 2 is 1.50 bits per heavy atom. The SMILES string of the molecule is CC(C)Oc1ccc(S(=O)(=O)N2CC(N3C(=O)C4CC=CCC4C3=O)C2)cc1. The van der Waals surface area contributed by atoms with Gasteiger partial charge in [0.25, 0.3) is 0 Å². The molecule has 4 rings (SSSR count). The summed E-state index contributed by atoms with van der Waals surface area (Å²) in [4.78, 5) is 26.7. The minimum absolute atomic E-state index is 0.00743. The van der Waals surface area contributed by atoms with Crippen molar-refractivity contribution in [2.24, 2.45) is 11.8 Å². The molecule has 3 aliphatic rings. The molecule has 2 heterocycles. The molecular formula is C20H24N2O5S. The van der Waals surface area contributed by atoms with E-state index >= 15 is 0 Å². The standard InChI is InChI=1S/C20H24N2O5S/c1-13(2)27-15-7-9-16(10-8-15)28(25,26)21-11-14(12-21)22-19(23)17-5-3-4-6-18(17)20(22)24/h3-4,7-10,13-14,17-18H,5-6,11-12H2,1-2H3. The zero-order chi connectivity index (χ0) is 20.1. The van der Waals surface area contributed by atoms with E-state index in [1.807, 2.05) is 26.0 Å². The van der Waals surface area contributed by atoms with Crippen LogP contribution >= 0.6 is 0 Å². The van der Waals surface area contributed by atoms with E-state index in [9.17, 15) is 18.0 Å². The maximum Gasteiger partial charge on any atom is 0.243 e. The van der Waals surface area contributed by atoms with Crippen LogP contribution in [0.2, 0.25) is 0 Å². The van der Waals surface area contributed by atoms with Crippen LogP contribution in [-0.4, -0.2) is 54.7 Å². The molecule has 1 aliphatic carbocycles. The van der Waals surface area contributed by atoms with Crippen molar-refractivity contribution in [3.63, 3.8) is 0 Å². The molecule has 0 saturated carbocycles. The number of likely N-dealkylation sites (tertiary alicyclic amines) is 1. The van der Waals surface area contributed by atoms with Crippen LogP contribution in [-0.2, 0) is 19.6 Å². The summed E-state index contributed by atoms with van der Waals surface area (Å²) in [7, 11) is -3.65. The summed E-state index contributed by atoms with van der Waals surface area (Å²) in [6.07, 6.45) is 5.07. The first-order chi connectivity index (χ1) is 13.3. The number of imide groups is 1. The zero-order valence-corrected chi connectivity index (χ0v) is 16.8. The van der Waals surface area contributed by atoms with E-state index < -0.39 is 10.0 Å². The van der Waals surface area contributed by atoms with Crippen LogP contribution in [0.5, 0.6) is 5.75 Å². The number of hydrogen-bond donors (Lipinski definition) is 0. The van der Waals surface area contributed by atoms with Crippen molar-refractivity contribution in [2.45, 2.75) is 43.7 Å². The minimum Gasteiger partial charge on any atom is -0.491 e. The monoisotopic (exact) mass is 404 g/mol. The molecule has 0 radical (unpaired) electrons. The fraction of sp³-hybridized carbons (Fsp3) is 0.500. The summed E-state index contributed by atoms with van der Waals surface area (Å²) >= 11 is 0. The molecule has 7 nitrogen and oxygen atoms in total. The van der Waals surface area contributed by atoms with Gasteiger partial charge in [0.2, 0.25) is 21.8 Å². The van der Waals surface area contributed by atoms with E-state index in [0.717, 1.165) is 0 Å². The van der Waals surface area contributed by atoms with Gasteiger partial charge >= 0.3 is 0 Å². The van der Waals surface area contributed by atoms with Gasteiger partial charge in [0, 0.05) is 13.1 Å². The number of allylic oxidation sites excluding steroid dienone is 2. The van der Waals surface area contributed by atoms with Crippen molar-refractivity contribution in [3.05, 3.63) is 36.4 Å². The fourth-order valence-corrected chi connectivity index (χ4v) is 5.59. The van der Waals surface area contributed by atoms with Crippen molar-refractivity contribution in [1.29, 1.82) is 0 Å². The van der Waals surface area contributed by atoms with Crippen molar-refractivity contribution in [2.75, 3.05) is 13.1 Å². The van der Waals surface area contributed by atoms with Crippen LogP contribution in [0.3, 0.4) is 0 Å². The van der Waals surface area contributed by atoms with Gasteiger partial charge in [-0.1, -0.05) is 12.2 Å². The second kappa shape index (κ2) is 7.00. The normalized spacial score (nSPS) is 25.9. The molecule has 2 aliphatic heterocycles. The highest BCUT2D eigenvalue weighted by molar-refractivity contribution is 7.89. The molecule has 150 valence electrons. The number of rotatable bonds is 5. The van der Waals surface area contributed by atoms with Crippen molar-refractivity contribution in [3.8, 4) is 5.75 Å². The third kappa shape index (κ3) is 3.14. The highest BCUT2D eigenvalue weighted by Gasteiger charge is 2.53. The zero-order valence-electron chi connectivity index (χ0n) is 15.9. The molecule has 2 atom stereocenters. The predicted molar refractivity (Wildman–Crippen MR) is 102 cm³/mol. The number of carbonyl (C=O) groups excluding carboxylic acids is 2. The van der Waals surface area contributed by atoms with E-state index in [-0.39, 0.29) is 53.8 Å². The molecule has 1 aromatic carbocycles. The lowest BCUT2D eigenvalue weighted by Gasteiger charge is -2.42. The molecule has 8 heteroatoms. The van der Waals surface area contributed by atoms with Gasteiger partial charge in [0.1, 0.15) is 5.75 Å². The van der Waals surface area contributed by atoms with E-state index in [2.05, 4.69) is 0 Å². The molecule has 2 fully saturated rings. The Balaban J connectivity index is 1.43. The van der Waals surface area contributed by atoms with Gasteiger partial charge in [-0.3, -0.25) is 14.5 Å². The summed E-state index contributed by atoms with van der Waals surface area (Å²) in [5.41, 5.74) is 0. The lowest BCUT2D eigenvalue weighted by Crippen LogP contribution is -2.62. The van der Waals surface area contributed by atoms with E-state index in [1.165, 1.54) is 21.3 Å². The Kier molecular flexibility index (Phi) is 4.79. The number of ether oxygens (including phenoxy) is 1. The molecule has 2 amide bonds. The molecule has 1 aromatic rings. The smallest absolute Gasteiger partial charge is 0.243 e. The van der Waals surface area contributed by atoms with Gasteiger partial charge in [-0.15, -0.1) is 0 Å². The van der Waals surface area contributed by atoms with Gasteiger partial charge in [0.15, 0.2) is 0 Å². The average Bonchev–Trinajstić information content (AvgIpc) is 2.86. The fourth-order valence-electron chi connectivity index (χ4n) is 4.07. The van der Waals surface area contributed by atoms with Crippen LogP contribution in [0, 0.1) is 11.8 Å². The van der Waals surface area contributed by atoms with Crippen LogP contribution in [0.25, 0.3) is 0 Å². The number of benzene rings is 1. The molecule has 0 spiro atoms. The largest absolute Gasteiger partial charge is 0.491 e. The lowest BCUT2D eigenvalue weighted by atomic mass is 9.85. The second-order valence-corrected chi connectivity index (χ2v) is 9.75. The van der Waals surface area contributed by atoms with Gasteiger partial charge in [-0.25, -0.2) is 8.42 Å². The van der Waals surface area contributed by atoms with E-state index in [1.54, 1.807) is 12.1 Å². The van der Waals surface area contributed by atoms with Crippen LogP contribution in [0.1, 0.15) is 26.7 Å². The van der Waals surface area contributed by atoms with Crippen LogP contribution in [0.4, 0.5) is 0 Å². The third-order valence-corrected chi connectivity index (χ3v) is 7.41. The highest BCUT2D eigenvalue weighted by atomic mass is 32.2. The first-order valence-electron chi connectivity index (χ1n) is 9.58. The Morgan fingerprint density at radius 3 is 2.00 bits per heavy atom. The summed E-state index contributed by atoms with van der Waals surface area (Å²) in [5, 5.41) is 0. The molecule has 2 unspecified atom stereocenters. The van der Waals surface area contributed by atoms with Crippen LogP contribution in [0.15, 0.2) is 41.3 Å². The predicted octanol–water partition coefficient (Wildman–Crippen LogP) is 1.80. The Labute approximate surface area is 165 Å². The van der Waals surface area contributed by atoms with Crippen molar-refractivity contribution in [1.82, 2.24) is 9.21 Å². The summed E-state index contributed by atoms with van der Waals surface area (Å²) in [6.45, 7) is 4.10. The quantitative estimate of drug-likeness (QED) is 0.552. The summed E-state index contributed by atoms with van der Waals surface area (Å²) < 4.78 is 32.5.